The summed E-state index contributed by atoms with van der Waals surface area (Å²) in [5.74, 6) is 1.49. The topological polar surface area (TPSA) is 178 Å². The largest absolute Gasteiger partial charge is 0.481 e. The number of carbonyl (C=O) groups excluding carboxylic acids is 1. The molecule has 5 heterocycles. The fraction of sp³-hybridized carbons (Fsp3) is 0.292. The molecule has 1 aliphatic heterocycles. The number of nitrogens with one attached hydrogen (secondary N) is 2. The van der Waals surface area contributed by atoms with Gasteiger partial charge in [-0.2, -0.15) is 4.98 Å². The van der Waals surface area contributed by atoms with Gasteiger partial charge in [-0.15, -0.1) is 0 Å². The van der Waals surface area contributed by atoms with Crippen LogP contribution in [0.5, 0.6) is 5.88 Å². The molecule has 0 radical (unpaired) electrons. The average molecular weight is 536 g/mol. The van der Waals surface area contributed by atoms with E-state index >= 15 is 0 Å². The van der Waals surface area contributed by atoms with Crippen LogP contribution in [0.25, 0.3) is 0 Å². The van der Waals surface area contributed by atoms with Gasteiger partial charge in [0.1, 0.15) is 40.7 Å². The third-order valence-corrected chi connectivity index (χ3v) is 6.62. The van der Waals surface area contributed by atoms with Crippen molar-refractivity contribution in [2.45, 2.75) is 39.4 Å². The van der Waals surface area contributed by atoms with E-state index in [9.17, 15) is 9.59 Å². The van der Waals surface area contributed by atoms with Gasteiger partial charge < -0.3 is 25.1 Å². The van der Waals surface area contributed by atoms with Crippen LogP contribution in [0.4, 0.5) is 10.7 Å². The second kappa shape index (κ2) is 10.4. The van der Waals surface area contributed by atoms with Crippen molar-refractivity contribution in [2.75, 3.05) is 12.4 Å². The van der Waals surface area contributed by atoms with E-state index in [4.69, 9.17) is 14.9 Å². The number of aromatic amines is 1. The van der Waals surface area contributed by atoms with Gasteiger partial charge >= 0.3 is 0 Å². The highest BCUT2D eigenvalue weighted by molar-refractivity contribution is 7.10. The standard InChI is InChI=1S/C24H25N9O4S/c1-12(2)20-30-16-11-33(10-14(16)22(31-20)36-3)24(35)15-5-4-13(8-27-15)29-23-18(21(34)32-38-23)19(25)28-9-17-26-6-7-37-17/h4-8,12,29H,9-11H2,1-3H3,(H2,25,28)(H,32,34). The Kier molecular flexibility index (Phi) is 6.87. The van der Waals surface area contributed by atoms with Crippen molar-refractivity contribution in [3.05, 3.63) is 75.4 Å². The van der Waals surface area contributed by atoms with Crippen LogP contribution < -0.4 is 21.3 Å². The van der Waals surface area contributed by atoms with Gasteiger partial charge in [-0.1, -0.05) is 13.8 Å². The summed E-state index contributed by atoms with van der Waals surface area (Å²) in [5, 5.41) is 3.58. The number of carbonyl (C=O) groups is 1. The molecule has 196 valence electrons. The first kappa shape index (κ1) is 25.1. The number of rotatable bonds is 8. The summed E-state index contributed by atoms with van der Waals surface area (Å²) in [6, 6.07) is 3.32. The molecule has 0 spiro atoms. The maximum absolute atomic E-state index is 13.2. The van der Waals surface area contributed by atoms with Gasteiger partial charge in [-0.25, -0.2) is 15.0 Å². The highest BCUT2D eigenvalue weighted by atomic mass is 32.1. The minimum Gasteiger partial charge on any atom is -0.481 e. The van der Waals surface area contributed by atoms with Crippen molar-refractivity contribution in [3.8, 4) is 5.88 Å². The van der Waals surface area contributed by atoms with E-state index in [1.807, 2.05) is 13.8 Å². The van der Waals surface area contributed by atoms with Crippen LogP contribution in [0.15, 0.2) is 45.0 Å². The Morgan fingerprint density at radius 1 is 1.32 bits per heavy atom. The van der Waals surface area contributed by atoms with Crippen molar-refractivity contribution >= 4 is 34.0 Å². The van der Waals surface area contributed by atoms with Crippen molar-refractivity contribution in [1.82, 2.24) is 29.2 Å². The maximum Gasteiger partial charge on any atom is 0.273 e. The SMILES string of the molecule is COc1nc(C(C)C)nc2c1CN(C(=O)c1ccc(Nc3s[nH]c(=O)c3C(N)=NCc3ncco3)cn1)C2. The molecule has 0 bridgehead atoms. The van der Waals surface area contributed by atoms with Crippen LogP contribution in [0.2, 0.25) is 0 Å². The molecule has 38 heavy (non-hydrogen) atoms. The summed E-state index contributed by atoms with van der Waals surface area (Å²) < 4.78 is 13.2. The van der Waals surface area contributed by atoms with Crippen molar-refractivity contribution in [2.24, 2.45) is 10.7 Å². The van der Waals surface area contributed by atoms with Gasteiger partial charge in [0.05, 0.1) is 49.5 Å². The Labute approximate surface area is 221 Å². The number of fused-ring (bicyclic) bond motifs is 1. The zero-order valence-corrected chi connectivity index (χ0v) is 21.7. The first-order valence-electron chi connectivity index (χ1n) is 11.7. The minimum atomic E-state index is -0.376. The summed E-state index contributed by atoms with van der Waals surface area (Å²) >= 11 is 1.08. The summed E-state index contributed by atoms with van der Waals surface area (Å²) in [6.07, 6.45) is 4.45. The molecule has 13 nitrogen and oxygen atoms in total. The third kappa shape index (κ3) is 4.98. The highest BCUT2D eigenvalue weighted by Crippen LogP contribution is 2.31. The minimum absolute atomic E-state index is 0.0423. The van der Waals surface area contributed by atoms with E-state index in [0.717, 1.165) is 22.8 Å². The molecule has 0 saturated carbocycles. The predicted octanol–water partition coefficient (Wildman–Crippen LogP) is 2.55. The van der Waals surface area contributed by atoms with Crippen molar-refractivity contribution in [1.29, 1.82) is 0 Å². The molecule has 0 atom stereocenters. The summed E-state index contributed by atoms with van der Waals surface area (Å²) in [7, 11) is 1.56. The number of amidine groups is 1. The lowest BCUT2D eigenvalue weighted by molar-refractivity contribution is 0.0744. The number of hydrogen-bond donors (Lipinski definition) is 3. The number of H-pyrrole nitrogens is 1. The lowest BCUT2D eigenvalue weighted by atomic mass is 10.2. The smallest absolute Gasteiger partial charge is 0.273 e. The molecule has 5 rings (SSSR count). The molecule has 0 aliphatic carbocycles. The number of hydrogen-bond acceptors (Lipinski definition) is 11. The monoisotopic (exact) mass is 535 g/mol. The number of nitrogens with two attached hydrogens (primary N) is 1. The lowest BCUT2D eigenvalue weighted by Gasteiger charge is -2.14. The number of oxazole rings is 1. The number of aliphatic imine (C=N–C) groups is 1. The van der Waals surface area contributed by atoms with E-state index in [0.29, 0.717) is 41.4 Å². The molecule has 1 aliphatic rings. The molecular formula is C24H25N9O4S. The van der Waals surface area contributed by atoms with Crippen LogP contribution in [0, 0.1) is 0 Å². The van der Waals surface area contributed by atoms with Gasteiger partial charge in [0, 0.05) is 5.92 Å². The quantitative estimate of drug-likeness (QED) is 0.224. The van der Waals surface area contributed by atoms with E-state index in [1.165, 1.54) is 18.7 Å². The van der Waals surface area contributed by atoms with Crippen LogP contribution in [-0.4, -0.2) is 48.1 Å². The molecule has 0 aromatic carbocycles. The normalized spacial score (nSPS) is 13.2. The molecule has 0 fully saturated rings. The predicted molar refractivity (Wildman–Crippen MR) is 140 cm³/mol. The Balaban J connectivity index is 1.29. The second-order valence-corrected chi connectivity index (χ2v) is 9.57. The van der Waals surface area contributed by atoms with Crippen LogP contribution in [-0.2, 0) is 19.6 Å². The van der Waals surface area contributed by atoms with Gasteiger partial charge in [-0.3, -0.25) is 19.0 Å². The van der Waals surface area contributed by atoms with Gasteiger partial charge in [0.25, 0.3) is 11.5 Å². The Morgan fingerprint density at radius 3 is 2.84 bits per heavy atom. The number of amides is 1. The molecular weight excluding hydrogens is 510 g/mol. The van der Waals surface area contributed by atoms with E-state index in [1.54, 1.807) is 24.1 Å². The fourth-order valence-electron chi connectivity index (χ4n) is 3.89. The molecule has 4 aromatic rings. The number of nitrogens with zero attached hydrogens (tertiary/aromatic N) is 6. The number of methoxy groups -OCH3 is 1. The van der Waals surface area contributed by atoms with Gasteiger partial charge in [0.15, 0.2) is 0 Å². The lowest BCUT2D eigenvalue weighted by Crippen LogP contribution is -2.26. The average Bonchev–Trinajstić information content (AvgIpc) is 3.67. The summed E-state index contributed by atoms with van der Waals surface area (Å²) in [6.45, 7) is 4.80. The Bertz CT molecular complexity index is 1540. The molecule has 0 unspecified atom stereocenters. The zero-order valence-electron chi connectivity index (χ0n) is 20.9. The van der Waals surface area contributed by atoms with Crippen molar-refractivity contribution in [3.63, 3.8) is 0 Å². The first-order valence-corrected chi connectivity index (χ1v) is 12.5. The number of ether oxygens (including phenoxy) is 1. The molecule has 4 N–H and O–H groups in total. The van der Waals surface area contributed by atoms with E-state index in [-0.39, 0.29) is 41.0 Å². The van der Waals surface area contributed by atoms with Crippen molar-refractivity contribution < 1.29 is 13.9 Å². The highest BCUT2D eigenvalue weighted by Gasteiger charge is 2.30. The maximum atomic E-state index is 13.2. The summed E-state index contributed by atoms with van der Waals surface area (Å²) in [4.78, 5) is 48.8. The van der Waals surface area contributed by atoms with E-state index < -0.39 is 0 Å². The first-order chi connectivity index (χ1) is 18.3. The van der Waals surface area contributed by atoms with E-state index in [2.05, 4.69) is 34.6 Å². The number of pyridine rings is 1. The Hall–Kier alpha value is -4.59. The molecule has 1 amide bonds. The van der Waals surface area contributed by atoms with Crippen LogP contribution >= 0.6 is 11.5 Å². The van der Waals surface area contributed by atoms with Gasteiger partial charge in [-0.05, 0) is 23.7 Å². The number of aromatic nitrogens is 5. The molecule has 4 aromatic heterocycles. The second-order valence-electron chi connectivity index (χ2n) is 8.75. The zero-order chi connectivity index (χ0) is 26.8. The Morgan fingerprint density at radius 2 is 2.16 bits per heavy atom. The molecule has 14 heteroatoms. The number of anilines is 2. The fourth-order valence-corrected chi connectivity index (χ4v) is 4.65. The summed E-state index contributed by atoms with van der Waals surface area (Å²) in [5.41, 5.74) is 8.32. The van der Waals surface area contributed by atoms with Crippen LogP contribution in [0.3, 0.4) is 0 Å². The third-order valence-electron chi connectivity index (χ3n) is 5.82. The van der Waals surface area contributed by atoms with Crippen LogP contribution in [0.1, 0.15) is 58.8 Å². The molecule has 0 saturated heterocycles. The van der Waals surface area contributed by atoms with Gasteiger partial charge in [0.2, 0.25) is 11.8 Å².